The zero-order chi connectivity index (χ0) is 22.6. The number of benzene rings is 2. The number of hydrogen-bond acceptors (Lipinski definition) is 4. The highest BCUT2D eigenvalue weighted by molar-refractivity contribution is 8.19. The number of ether oxygens (including phenoxy) is 1. The second-order valence-corrected chi connectivity index (χ2v) is 11.2. The van der Waals surface area contributed by atoms with Gasteiger partial charge in [0.2, 0.25) is 0 Å². The second-order valence-electron chi connectivity index (χ2n) is 10.2. The van der Waals surface area contributed by atoms with Gasteiger partial charge < -0.3 is 4.74 Å². The van der Waals surface area contributed by atoms with Gasteiger partial charge >= 0.3 is 0 Å². The smallest absolute Gasteiger partial charge is 0.298 e. The maximum Gasteiger partial charge on any atom is 0.298 e. The minimum Gasteiger partial charge on any atom is -0.493 e. The largest absolute Gasteiger partial charge is 0.493 e. The Kier molecular flexibility index (Phi) is 5.13. The van der Waals surface area contributed by atoms with Crippen LogP contribution >= 0.6 is 11.8 Å². The minimum absolute atomic E-state index is 0.257. The number of thioether (sulfide) groups is 1. The molecule has 1 saturated heterocycles. The SMILES string of the molecule is CCOc1ccc(C23CC4CC(CC(C4)C2)C3)cc1/C=C1\SC(=O)N(c2ccccc2)C1=O. The Balaban J connectivity index is 1.37. The lowest BCUT2D eigenvalue weighted by atomic mass is 9.48. The lowest BCUT2D eigenvalue weighted by Gasteiger charge is -2.57. The maximum absolute atomic E-state index is 13.2. The molecule has 0 aromatic heterocycles. The quantitative estimate of drug-likeness (QED) is 0.462. The lowest BCUT2D eigenvalue weighted by Crippen LogP contribution is -2.48. The van der Waals surface area contributed by atoms with E-state index in [1.54, 1.807) is 12.1 Å². The molecule has 1 heterocycles. The number of amides is 2. The van der Waals surface area contributed by atoms with Crippen LogP contribution in [0.4, 0.5) is 10.5 Å². The van der Waals surface area contributed by atoms with E-state index in [2.05, 4.69) is 18.2 Å². The highest BCUT2D eigenvalue weighted by Crippen LogP contribution is 2.61. The second kappa shape index (κ2) is 8.05. The summed E-state index contributed by atoms with van der Waals surface area (Å²) in [4.78, 5) is 27.6. The summed E-state index contributed by atoms with van der Waals surface area (Å²) in [7, 11) is 0. The van der Waals surface area contributed by atoms with Crippen molar-refractivity contribution in [3.05, 3.63) is 64.6 Å². The summed E-state index contributed by atoms with van der Waals surface area (Å²) in [5.74, 6) is 3.12. The fourth-order valence-corrected chi connectivity index (χ4v) is 7.98. The first-order valence-corrected chi connectivity index (χ1v) is 13.0. The summed E-state index contributed by atoms with van der Waals surface area (Å²) >= 11 is 1.01. The van der Waals surface area contributed by atoms with Crippen molar-refractivity contribution in [2.45, 2.75) is 50.9 Å². The van der Waals surface area contributed by atoms with Crippen molar-refractivity contribution >= 4 is 34.7 Å². The molecule has 0 spiro atoms. The van der Waals surface area contributed by atoms with E-state index in [0.29, 0.717) is 17.2 Å². The van der Waals surface area contributed by atoms with Crippen LogP contribution in [0, 0.1) is 17.8 Å². The molecule has 5 aliphatic rings. The zero-order valence-corrected chi connectivity index (χ0v) is 19.8. The topological polar surface area (TPSA) is 46.6 Å². The van der Waals surface area contributed by atoms with Crippen LogP contribution in [0.1, 0.15) is 56.6 Å². The number of hydrogen-bond donors (Lipinski definition) is 0. The van der Waals surface area contributed by atoms with Gasteiger partial charge in [-0.05, 0) is 116 Å². The fraction of sp³-hybridized carbons (Fsp3) is 0.429. The van der Waals surface area contributed by atoms with Gasteiger partial charge in [-0.3, -0.25) is 9.59 Å². The molecule has 0 unspecified atom stereocenters. The van der Waals surface area contributed by atoms with Crippen molar-refractivity contribution in [1.82, 2.24) is 0 Å². The van der Waals surface area contributed by atoms with Crippen LogP contribution < -0.4 is 9.64 Å². The van der Waals surface area contributed by atoms with E-state index < -0.39 is 0 Å². The van der Waals surface area contributed by atoms with Crippen molar-refractivity contribution in [3.63, 3.8) is 0 Å². The molecule has 33 heavy (non-hydrogen) atoms. The van der Waals surface area contributed by atoms with Gasteiger partial charge in [-0.2, -0.15) is 0 Å². The number of para-hydroxylation sites is 1. The number of rotatable bonds is 5. The Morgan fingerprint density at radius 1 is 1.00 bits per heavy atom. The van der Waals surface area contributed by atoms with Crippen LogP contribution in [0.3, 0.4) is 0 Å². The summed E-state index contributed by atoms with van der Waals surface area (Å²) < 4.78 is 5.93. The molecule has 0 N–H and O–H groups in total. The third-order valence-corrected chi connectivity index (χ3v) is 8.92. The number of carbonyl (C=O) groups is 2. The Bertz CT molecular complexity index is 1100. The van der Waals surface area contributed by atoms with Crippen LogP contribution in [-0.4, -0.2) is 17.8 Å². The van der Waals surface area contributed by atoms with Crippen LogP contribution in [0.25, 0.3) is 6.08 Å². The van der Waals surface area contributed by atoms with Crippen molar-refractivity contribution in [2.75, 3.05) is 11.5 Å². The third kappa shape index (κ3) is 3.61. The molecule has 170 valence electrons. The lowest BCUT2D eigenvalue weighted by molar-refractivity contribution is -0.113. The Morgan fingerprint density at radius 2 is 1.67 bits per heavy atom. The highest BCUT2D eigenvalue weighted by atomic mass is 32.2. The Labute approximate surface area is 199 Å². The van der Waals surface area contributed by atoms with Gasteiger partial charge in [-0.15, -0.1) is 0 Å². The average molecular weight is 460 g/mol. The molecule has 5 fully saturated rings. The van der Waals surface area contributed by atoms with Crippen molar-refractivity contribution in [1.29, 1.82) is 0 Å². The van der Waals surface area contributed by atoms with E-state index in [9.17, 15) is 9.59 Å². The maximum atomic E-state index is 13.2. The normalized spacial score (nSPS) is 31.6. The number of imide groups is 1. The number of nitrogens with zero attached hydrogens (tertiary/aromatic N) is 1. The first-order valence-electron chi connectivity index (χ1n) is 12.1. The first-order chi connectivity index (χ1) is 16.0. The molecule has 2 amide bonds. The van der Waals surface area contributed by atoms with E-state index in [1.807, 2.05) is 31.2 Å². The van der Waals surface area contributed by atoms with Gasteiger partial charge in [0, 0.05) is 5.56 Å². The van der Waals surface area contributed by atoms with E-state index in [0.717, 1.165) is 40.8 Å². The summed E-state index contributed by atoms with van der Waals surface area (Å²) in [6.07, 6.45) is 9.97. The summed E-state index contributed by atoms with van der Waals surface area (Å²) in [5, 5.41) is -0.257. The average Bonchev–Trinajstić information content (AvgIpc) is 3.07. The fourth-order valence-electron chi connectivity index (χ4n) is 7.15. The summed E-state index contributed by atoms with van der Waals surface area (Å²) in [6, 6.07) is 15.7. The molecule has 4 saturated carbocycles. The highest BCUT2D eigenvalue weighted by Gasteiger charge is 2.51. The molecule has 2 aromatic carbocycles. The Morgan fingerprint density at radius 3 is 2.30 bits per heavy atom. The van der Waals surface area contributed by atoms with Gasteiger partial charge in [0.15, 0.2) is 0 Å². The zero-order valence-electron chi connectivity index (χ0n) is 19.0. The van der Waals surface area contributed by atoms with Gasteiger partial charge in [0.05, 0.1) is 17.2 Å². The van der Waals surface area contributed by atoms with Gasteiger partial charge in [0.1, 0.15) is 5.75 Å². The monoisotopic (exact) mass is 459 g/mol. The van der Waals surface area contributed by atoms with E-state index >= 15 is 0 Å². The molecule has 5 heteroatoms. The van der Waals surface area contributed by atoms with Gasteiger partial charge in [0.25, 0.3) is 11.1 Å². The van der Waals surface area contributed by atoms with Crippen LogP contribution in [0.2, 0.25) is 0 Å². The van der Waals surface area contributed by atoms with Crippen LogP contribution in [0.15, 0.2) is 53.4 Å². The van der Waals surface area contributed by atoms with Crippen molar-refractivity contribution in [2.24, 2.45) is 17.8 Å². The molecule has 4 nitrogen and oxygen atoms in total. The Hall–Kier alpha value is -2.53. The number of carbonyl (C=O) groups excluding carboxylic acids is 2. The first kappa shape index (κ1) is 21.0. The van der Waals surface area contributed by atoms with Crippen LogP contribution in [0.5, 0.6) is 5.75 Å². The summed E-state index contributed by atoms with van der Waals surface area (Å²) in [5.41, 5.74) is 3.17. The third-order valence-electron chi connectivity index (χ3n) is 8.05. The standard InChI is InChI=1S/C28H29NO3S/c1-2-32-24-9-8-22(28-15-18-10-19(16-28)12-20(11-18)17-28)13-21(24)14-25-26(30)29(27(31)33-25)23-6-4-3-5-7-23/h3-9,13-14,18-20H,2,10-12,15-17H2,1H3/b25-14-. The molecule has 1 aliphatic heterocycles. The van der Waals surface area contributed by atoms with Crippen molar-refractivity contribution in [3.8, 4) is 5.75 Å². The molecule has 0 radical (unpaired) electrons. The van der Waals surface area contributed by atoms with E-state index in [-0.39, 0.29) is 16.6 Å². The van der Waals surface area contributed by atoms with Gasteiger partial charge in [-0.1, -0.05) is 24.3 Å². The predicted molar refractivity (Wildman–Crippen MR) is 132 cm³/mol. The molecule has 4 aliphatic carbocycles. The van der Waals surface area contributed by atoms with Crippen LogP contribution in [-0.2, 0) is 10.2 Å². The van der Waals surface area contributed by atoms with E-state index in [1.165, 1.54) is 49.0 Å². The molecule has 2 aromatic rings. The minimum atomic E-state index is -0.265. The molecule has 4 bridgehead atoms. The predicted octanol–water partition coefficient (Wildman–Crippen LogP) is 6.79. The van der Waals surface area contributed by atoms with Gasteiger partial charge in [-0.25, -0.2) is 4.90 Å². The molecular weight excluding hydrogens is 430 g/mol. The number of anilines is 1. The summed E-state index contributed by atoms with van der Waals surface area (Å²) in [6.45, 7) is 2.53. The molecule has 7 rings (SSSR count). The molecule has 0 atom stereocenters. The molecular formula is C28H29NO3S. The van der Waals surface area contributed by atoms with E-state index in [4.69, 9.17) is 4.74 Å². The van der Waals surface area contributed by atoms with Crippen molar-refractivity contribution < 1.29 is 14.3 Å².